The zero-order valence-electron chi connectivity index (χ0n) is 15.5. The standard InChI is InChI=1S/C20H29N3O2/c1-4-11-25-19-10-9-15(12-20(19)24-3)13-21-17-7-6-8-18-16(17)14-22-23(18)5-2/h9-10,12,14,17,21H,4-8,11,13H2,1-3H3/t17-/m0/s1. The molecule has 2 aromatic rings. The van der Waals surface area contributed by atoms with Gasteiger partial charge in [0.05, 0.1) is 19.9 Å². The van der Waals surface area contributed by atoms with Crippen LogP contribution in [-0.2, 0) is 19.5 Å². The van der Waals surface area contributed by atoms with Crippen LogP contribution in [0.2, 0.25) is 0 Å². The van der Waals surface area contributed by atoms with Gasteiger partial charge >= 0.3 is 0 Å². The zero-order chi connectivity index (χ0) is 17.6. The number of aromatic nitrogens is 2. The Morgan fingerprint density at radius 2 is 2.16 bits per heavy atom. The first-order valence-corrected chi connectivity index (χ1v) is 9.34. The SMILES string of the molecule is CCCOc1ccc(CN[C@H]2CCCc3c2cnn3CC)cc1OC. The lowest BCUT2D eigenvalue weighted by Gasteiger charge is -2.24. The van der Waals surface area contributed by atoms with Gasteiger partial charge in [0.25, 0.3) is 0 Å². The Morgan fingerprint density at radius 1 is 1.28 bits per heavy atom. The normalized spacial score (nSPS) is 16.5. The van der Waals surface area contributed by atoms with Crippen molar-refractivity contribution in [3.63, 3.8) is 0 Å². The van der Waals surface area contributed by atoms with Crippen LogP contribution in [0.3, 0.4) is 0 Å². The molecule has 25 heavy (non-hydrogen) atoms. The molecule has 136 valence electrons. The van der Waals surface area contributed by atoms with Crippen LogP contribution in [-0.4, -0.2) is 23.5 Å². The summed E-state index contributed by atoms with van der Waals surface area (Å²) in [5.41, 5.74) is 3.96. The smallest absolute Gasteiger partial charge is 0.161 e. The van der Waals surface area contributed by atoms with Crippen LogP contribution in [0.1, 0.15) is 56.0 Å². The summed E-state index contributed by atoms with van der Waals surface area (Å²) in [5, 5.41) is 8.22. The van der Waals surface area contributed by atoms with Gasteiger partial charge in [-0.1, -0.05) is 13.0 Å². The van der Waals surface area contributed by atoms with Gasteiger partial charge in [-0.05, 0) is 50.3 Å². The number of fused-ring (bicyclic) bond motifs is 1. The van der Waals surface area contributed by atoms with Gasteiger partial charge in [0.2, 0.25) is 0 Å². The van der Waals surface area contributed by atoms with Gasteiger partial charge in [0, 0.05) is 30.4 Å². The second-order valence-corrected chi connectivity index (χ2v) is 6.52. The number of rotatable bonds is 8. The molecule has 0 radical (unpaired) electrons. The van der Waals surface area contributed by atoms with Gasteiger partial charge in [-0.15, -0.1) is 0 Å². The molecule has 0 bridgehead atoms. The van der Waals surface area contributed by atoms with Crippen molar-refractivity contribution in [2.75, 3.05) is 13.7 Å². The first kappa shape index (κ1) is 17.8. The van der Waals surface area contributed by atoms with Crippen molar-refractivity contribution >= 4 is 0 Å². The maximum absolute atomic E-state index is 5.73. The van der Waals surface area contributed by atoms with E-state index in [0.717, 1.165) is 43.9 Å². The highest BCUT2D eigenvalue weighted by atomic mass is 16.5. The molecule has 1 aromatic carbocycles. The van der Waals surface area contributed by atoms with Crippen molar-refractivity contribution in [3.8, 4) is 11.5 Å². The lowest BCUT2D eigenvalue weighted by atomic mass is 9.93. The van der Waals surface area contributed by atoms with E-state index in [1.165, 1.54) is 23.2 Å². The Morgan fingerprint density at radius 3 is 2.92 bits per heavy atom. The molecule has 0 unspecified atom stereocenters. The predicted molar refractivity (Wildman–Crippen MR) is 99.2 cm³/mol. The Bertz CT molecular complexity index is 696. The topological polar surface area (TPSA) is 48.3 Å². The van der Waals surface area contributed by atoms with Crippen molar-refractivity contribution in [1.82, 2.24) is 15.1 Å². The minimum Gasteiger partial charge on any atom is -0.493 e. The zero-order valence-corrected chi connectivity index (χ0v) is 15.5. The molecule has 1 aliphatic rings. The van der Waals surface area contributed by atoms with Crippen LogP contribution in [0, 0.1) is 0 Å². The number of aryl methyl sites for hydroxylation is 1. The van der Waals surface area contributed by atoms with Gasteiger partial charge in [0.15, 0.2) is 11.5 Å². The highest BCUT2D eigenvalue weighted by Crippen LogP contribution is 2.31. The van der Waals surface area contributed by atoms with Crippen molar-refractivity contribution in [1.29, 1.82) is 0 Å². The van der Waals surface area contributed by atoms with E-state index < -0.39 is 0 Å². The molecule has 1 heterocycles. The summed E-state index contributed by atoms with van der Waals surface area (Å²) in [4.78, 5) is 0. The maximum Gasteiger partial charge on any atom is 0.161 e. The number of benzene rings is 1. The van der Waals surface area contributed by atoms with Crippen LogP contribution in [0.4, 0.5) is 0 Å². The van der Waals surface area contributed by atoms with E-state index in [2.05, 4.69) is 41.1 Å². The highest BCUT2D eigenvalue weighted by molar-refractivity contribution is 5.43. The Hall–Kier alpha value is -2.01. The third-order valence-corrected chi connectivity index (χ3v) is 4.80. The summed E-state index contributed by atoms with van der Waals surface area (Å²) in [6.07, 6.45) is 6.54. The van der Waals surface area contributed by atoms with Gasteiger partial charge in [-0.2, -0.15) is 5.10 Å². The molecule has 5 nitrogen and oxygen atoms in total. The lowest BCUT2D eigenvalue weighted by molar-refractivity contribution is 0.294. The fraction of sp³-hybridized carbons (Fsp3) is 0.550. The Kier molecular flexibility index (Phi) is 5.97. The third kappa shape index (κ3) is 3.98. The summed E-state index contributed by atoms with van der Waals surface area (Å²) >= 11 is 0. The van der Waals surface area contributed by atoms with Crippen LogP contribution >= 0.6 is 0 Å². The predicted octanol–water partition coefficient (Wildman–Crippen LogP) is 3.87. The van der Waals surface area contributed by atoms with Crippen LogP contribution < -0.4 is 14.8 Å². The van der Waals surface area contributed by atoms with Gasteiger partial charge < -0.3 is 14.8 Å². The summed E-state index contributed by atoms with van der Waals surface area (Å²) < 4.78 is 13.3. The summed E-state index contributed by atoms with van der Waals surface area (Å²) in [6.45, 7) is 6.72. The molecule has 3 rings (SSSR count). The average molecular weight is 343 g/mol. The Balaban J connectivity index is 1.67. The maximum atomic E-state index is 5.73. The Labute approximate surface area is 150 Å². The number of nitrogens with zero attached hydrogens (tertiary/aromatic N) is 2. The lowest BCUT2D eigenvalue weighted by Crippen LogP contribution is -2.25. The second-order valence-electron chi connectivity index (χ2n) is 6.52. The average Bonchev–Trinajstić information content (AvgIpc) is 3.08. The molecule has 1 aliphatic carbocycles. The van der Waals surface area contributed by atoms with Crippen LogP contribution in [0.15, 0.2) is 24.4 Å². The minimum absolute atomic E-state index is 0.381. The van der Waals surface area contributed by atoms with Crippen molar-refractivity contribution in [2.45, 2.75) is 58.7 Å². The molecule has 1 N–H and O–H groups in total. The van der Waals surface area contributed by atoms with E-state index in [1.54, 1.807) is 7.11 Å². The summed E-state index contributed by atoms with van der Waals surface area (Å²) in [6, 6.07) is 6.56. The van der Waals surface area contributed by atoms with Gasteiger partial charge in [-0.3, -0.25) is 4.68 Å². The van der Waals surface area contributed by atoms with E-state index in [-0.39, 0.29) is 0 Å². The van der Waals surface area contributed by atoms with E-state index in [0.29, 0.717) is 12.6 Å². The van der Waals surface area contributed by atoms with Gasteiger partial charge in [-0.25, -0.2) is 0 Å². The van der Waals surface area contributed by atoms with E-state index in [9.17, 15) is 0 Å². The number of ether oxygens (including phenoxy) is 2. The minimum atomic E-state index is 0.381. The molecule has 5 heteroatoms. The number of hydrogen-bond acceptors (Lipinski definition) is 4. The number of nitrogens with one attached hydrogen (secondary N) is 1. The van der Waals surface area contributed by atoms with E-state index in [1.807, 2.05) is 12.3 Å². The van der Waals surface area contributed by atoms with Crippen molar-refractivity contribution in [2.24, 2.45) is 0 Å². The number of hydrogen-bond donors (Lipinski definition) is 1. The van der Waals surface area contributed by atoms with E-state index in [4.69, 9.17) is 9.47 Å². The third-order valence-electron chi connectivity index (χ3n) is 4.80. The summed E-state index contributed by atoms with van der Waals surface area (Å²) in [5.74, 6) is 1.62. The van der Waals surface area contributed by atoms with Crippen molar-refractivity contribution in [3.05, 3.63) is 41.2 Å². The van der Waals surface area contributed by atoms with Crippen molar-refractivity contribution < 1.29 is 9.47 Å². The molecule has 0 amide bonds. The molecule has 0 saturated carbocycles. The quantitative estimate of drug-likeness (QED) is 0.790. The molecular formula is C20H29N3O2. The van der Waals surface area contributed by atoms with E-state index >= 15 is 0 Å². The molecule has 1 atom stereocenters. The fourth-order valence-corrected chi connectivity index (χ4v) is 3.50. The number of methoxy groups -OCH3 is 1. The first-order chi connectivity index (χ1) is 12.3. The molecule has 0 fully saturated rings. The van der Waals surface area contributed by atoms with Crippen LogP contribution in [0.25, 0.3) is 0 Å². The first-order valence-electron chi connectivity index (χ1n) is 9.34. The monoisotopic (exact) mass is 343 g/mol. The molecular weight excluding hydrogens is 314 g/mol. The molecule has 0 saturated heterocycles. The second kappa shape index (κ2) is 8.39. The molecule has 1 aromatic heterocycles. The van der Waals surface area contributed by atoms with Crippen LogP contribution in [0.5, 0.6) is 11.5 Å². The van der Waals surface area contributed by atoms with Gasteiger partial charge in [0.1, 0.15) is 0 Å². The highest BCUT2D eigenvalue weighted by Gasteiger charge is 2.23. The molecule has 0 spiro atoms. The fourth-order valence-electron chi connectivity index (χ4n) is 3.50. The molecule has 0 aliphatic heterocycles. The summed E-state index contributed by atoms with van der Waals surface area (Å²) in [7, 11) is 1.69. The largest absolute Gasteiger partial charge is 0.493 e.